The Bertz CT molecular complexity index is 838. The predicted octanol–water partition coefficient (Wildman–Crippen LogP) is 2.44. The smallest absolute Gasteiger partial charge is 0.230 e. The van der Waals surface area contributed by atoms with Crippen LogP contribution in [-0.2, 0) is 21.1 Å². The van der Waals surface area contributed by atoms with Gasteiger partial charge in [0.2, 0.25) is 5.91 Å². The second kappa shape index (κ2) is 7.99. The van der Waals surface area contributed by atoms with Gasteiger partial charge in [0.1, 0.15) is 0 Å². The second-order valence-corrected chi connectivity index (χ2v) is 8.90. The molecule has 1 aliphatic rings. The highest BCUT2D eigenvalue weighted by atomic mass is 32.2. The molecule has 5 nitrogen and oxygen atoms in total. The minimum absolute atomic E-state index is 0.0218. The van der Waals surface area contributed by atoms with E-state index in [0.29, 0.717) is 19.4 Å². The summed E-state index contributed by atoms with van der Waals surface area (Å²) >= 11 is 0. The van der Waals surface area contributed by atoms with Crippen LogP contribution in [0.1, 0.15) is 30.5 Å². The predicted molar refractivity (Wildman–Crippen MR) is 102 cm³/mol. The zero-order valence-corrected chi connectivity index (χ0v) is 15.7. The molecule has 2 atom stereocenters. The van der Waals surface area contributed by atoms with Crippen LogP contribution < -0.4 is 0 Å². The monoisotopic (exact) mass is 372 g/mol. The van der Waals surface area contributed by atoms with Crippen molar-refractivity contribution in [2.45, 2.75) is 31.7 Å². The van der Waals surface area contributed by atoms with Crippen LogP contribution in [0.15, 0.2) is 54.7 Å². The van der Waals surface area contributed by atoms with Gasteiger partial charge < -0.3 is 4.90 Å². The summed E-state index contributed by atoms with van der Waals surface area (Å²) in [5.41, 5.74) is 1.78. The highest BCUT2D eigenvalue weighted by Crippen LogP contribution is 2.26. The van der Waals surface area contributed by atoms with Crippen molar-refractivity contribution in [1.82, 2.24) is 9.88 Å². The maximum atomic E-state index is 13.4. The Morgan fingerprint density at radius 3 is 2.50 bits per heavy atom. The van der Waals surface area contributed by atoms with Crippen LogP contribution in [-0.4, -0.2) is 48.3 Å². The molecule has 0 N–H and O–H groups in total. The zero-order chi connectivity index (χ0) is 18.6. The molecule has 1 amide bonds. The lowest BCUT2D eigenvalue weighted by molar-refractivity contribution is -0.134. The van der Waals surface area contributed by atoms with Crippen LogP contribution in [0.3, 0.4) is 0 Å². The molecule has 0 aliphatic carbocycles. The Morgan fingerprint density at radius 2 is 1.92 bits per heavy atom. The van der Waals surface area contributed by atoms with Gasteiger partial charge in [0.15, 0.2) is 9.84 Å². The van der Waals surface area contributed by atoms with Gasteiger partial charge in [0, 0.05) is 30.9 Å². The van der Waals surface area contributed by atoms with Crippen LogP contribution in [0.4, 0.5) is 0 Å². The quantitative estimate of drug-likeness (QED) is 0.781. The Hall–Kier alpha value is -2.21. The van der Waals surface area contributed by atoms with E-state index in [1.54, 1.807) is 11.1 Å². The first-order chi connectivity index (χ1) is 12.5. The molecule has 1 aromatic carbocycles. The van der Waals surface area contributed by atoms with Gasteiger partial charge >= 0.3 is 0 Å². The lowest BCUT2D eigenvalue weighted by Gasteiger charge is -2.31. The fourth-order valence-electron chi connectivity index (χ4n) is 3.58. The fraction of sp³-hybridized carbons (Fsp3) is 0.400. The largest absolute Gasteiger partial charge is 0.338 e. The molecule has 3 rings (SSSR count). The van der Waals surface area contributed by atoms with Crippen LogP contribution in [0.2, 0.25) is 0 Å². The highest BCUT2D eigenvalue weighted by Gasteiger charge is 2.36. The third kappa shape index (κ3) is 4.30. The Morgan fingerprint density at radius 1 is 1.19 bits per heavy atom. The van der Waals surface area contributed by atoms with Crippen LogP contribution in [0, 0.1) is 0 Å². The summed E-state index contributed by atoms with van der Waals surface area (Å²) in [4.78, 5) is 19.5. The molecule has 0 saturated carbocycles. The van der Waals surface area contributed by atoms with Crippen molar-refractivity contribution < 1.29 is 13.2 Å². The third-order valence-corrected chi connectivity index (χ3v) is 6.66. The summed E-state index contributed by atoms with van der Waals surface area (Å²) in [5.74, 6) is -0.157. The van der Waals surface area contributed by atoms with Gasteiger partial charge in [-0.3, -0.25) is 9.78 Å². The van der Waals surface area contributed by atoms with Crippen LogP contribution in [0.25, 0.3) is 0 Å². The molecule has 0 radical (unpaired) electrons. The average Bonchev–Trinajstić information content (AvgIpc) is 3.01. The van der Waals surface area contributed by atoms with E-state index in [9.17, 15) is 13.2 Å². The number of rotatable bonds is 6. The van der Waals surface area contributed by atoms with Gasteiger partial charge in [-0.25, -0.2) is 8.42 Å². The normalized spacial score (nSPS) is 19.8. The van der Waals surface area contributed by atoms with Crippen molar-refractivity contribution in [3.63, 3.8) is 0 Å². The Balaban J connectivity index is 1.88. The van der Waals surface area contributed by atoms with E-state index in [2.05, 4.69) is 4.98 Å². The van der Waals surface area contributed by atoms with Crippen LogP contribution in [0.5, 0.6) is 0 Å². The summed E-state index contributed by atoms with van der Waals surface area (Å²) in [7, 11) is -3.04. The number of benzene rings is 1. The third-order valence-electron chi connectivity index (χ3n) is 4.91. The molecule has 138 valence electrons. The van der Waals surface area contributed by atoms with E-state index in [1.165, 1.54) is 0 Å². The number of hydrogen-bond donors (Lipinski definition) is 0. The molecule has 1 saturated heterocycles. The first kappa shape index (κ1) is 18.6. The van der Waals surface area contributed by atoms with Crippen molar-refractivity contribution in [1.29, 1.82) is 0 Å². The molecular formula is C20H24N2O3S. The number of amides is 1. The zero-order valence-electron chi connectivity index (χ0n) is 14.9. The first-order valence-corrected chi connectivity index (χ1v) is 10.8. The molecule has 1 aromatic heterocycles. The number of sulfone groups is 1. The molecule has 0 bridgehead atoms. The maximum Gasteiger partial charge on any atom is 0.230 e. The second-order valence-electron chi connectivity index (χ2n) is 6.67. The summed E-state index contributed by atoms with van der Waals surface area (Å²) in [6.45, 7) is 2.41. The van der Waals surface area contributed by atoms with E-state index in [0.717, 1.165) is 11.3 Å². The minimum atomic E-state index is -3.04. The Labute approximate surface area is 155 Å². The van der Waals surface area contributed by atoms with Gasteiger partial charge in [-0.2, -0.15) is 0 Å². The SMILES string of the molecule is CCN(C(=O)C(Cc1ccccn1)c1ccccc1)C1CCS(=O)(=O)C1. The van der Waals surface area contributed by atoms with Gasteiger partial charge in [-0.05, 0) is 31.0 Å². The van der Waals surface area contributed by atoms with E-state index in [4.69, 9.17) is 0 Å². The first-order valence-electron chi connectivity index (χ1n) is 8.96. The number of carbonyl (C=O) groups excluding carboxylic acids is 1. The molecular weight excluding hydrogens is 348 g/mol. The van der Waals surface area contributed by atoms with E-state index >= 15 is 0 Å². The van der Waals surface area contributed by atoms with Crippen molar-refractivity contribution in [3.8, 4) is 0 Å². The van der Waals surface area contributed by atoms with E-state index < -0.39 is 9.84 Å². The fourth-order valence-corrected chi connectivity index (χ4v) is 5.31. The summed E-state index contributed by atoms with van der Waals surface area (Å²) in [6.07, 6.45) is 2.75. The van der Waals surface area contributed by atoms with Gasteiger partial charge in [0.05, 0.1) is 17.4 Å². The molecule has 6 heteroatoms. The molecule has 26 heavy (non-hydrogen) atoms. The minimum Gasteiger partial charge on any atom is -0.338 e. The van der Waals surface area contributed by atoms with Gasteiger partial charge in [-0.1, -0.05) is 36.4 Å². The Kier molecular flexibility index (Phi) is 5.71. The molecule has 2 aromatic rings. The summed E-state index contributed by atoms with van der Waals surface area (Å²) in [5, 5.41) is 0. The van der Waals surface area contributed by atoms with Gasteiger partial charge in [-0.15, -0.1) is 0 Å². The highest BCUT2D eigenvalue weighted by molar-refractivity contribution is 7.91. The topological polar surface area (TPSA) is 67.3 Å². The van der Waals surface area contributed by atoms with Crippen molar-refractivity contribution in [2.75, 3.05) is 18.1 Å². The maximum absolute atomic E-state index is 13.4. The van der Waals surface area contributed by atoms with E-state index in [-0.39, 0.29) is 29.4 Å². The number of carbonyl (C=O) groups is 1. The standard InChI is InChI=1S/C20H24N2O3S/c1-2-22(18-11-13-26(24,25)15-18)20(23)19(16-8-4-3-5-9-16)14-17-10-6-7-12-21-17/h3-10,12,18-19H,2,11,13-15H2,1H3. The summed E-state index contributed by atoms with van der Waals surface area (Å²) in [6, 6.07) is 15.1. The number of hydrogen-bond acceptors (Lipinski definition) is 4. The summed E-state index contributed by atoms with van der Waals surface area (Å²) < 4.78 is 23.7. The number of aromatic nitrogens is 1. The molecule has 0 spiro atoms. The number of nitrogens with zero attached hydrogens (tertiary/aromatic N) is 2. The van der Waals surface area contributed by atoms with Crippen molar-refractivity contribution >= 4 is 15.7 Å². The van der Waals surface area contributed by atoms with Crippen LogP contribution >= 0.6 is 0 Å². The number of likely N-dealkylation sites (N-methyl/N-ethyl adjacent to an activating group) is 1. The average molecular weight is 372 g/mol. The lowest BCUT2D eigenvalue weighted by atomic mass is 9.92. The van der Waals surface area contributed by atoms with Crippen molar-refractivity contribution in [3.05, 3.63) is 66.0 Å². The van der Waals surface area contributed by atoms with Gasteiger partial charge in [0.25, 0.3) is 0 Å². The molecule has 2 heterocycles. The molecule has 1 fully saturated rings. The van der Waals surface area contributed by atoms with E-state index in [1.807, 2.05) is 55.5 Å². The molecule has 2 unspecified atom stereocenters. The molecule has 1 aliphatic heterocycles. The number of pyridine rings is 1. The van der Waals surface area contributed by atoms with Crippen molar-refractivity contribution in [2.24, 2.45) is 0 Å². The lowest BCUT2D eigenvalue weighted by Crippen LogP contribution is -2.44.